The summed E-state index contributed by atoms with van der Waals surface area (Å²) < 4.78 is 5.61. The van der Waals surface area contributed by atoms with Crippen LogP contribution in [0, 0.1) is 0 Å². The Kier molecular flexibility index (Phi) is 7.06. The Morgan fingerprint density at radius 3 is 2.41 bits per heavy atom. The fourth-order valence-electron chi connectivity index (χ4n) is 3.48. The molecule has 0 atom stereocenters. The molecule has 0 unspecified atom stereocenters. The maximum Gasteiger partial charge on any atom is 0.277 e. The molecule has 0 spiro atoms. The molecule has 9 heteroatoms. The highest BCUT2D eigenvalue weighted by Crippen LogP contribution is 2.24. The normalized spacial score (nSPS) is 13.8. The van der Waals surface area contributed by atoms with Gasteiger partial charge in [0.1, 0.15) is 0 Å². The quantitative estimate of drug-likeness (QED) is 0.550. The van der Waals surface area contributed by atoms with Crippen molar-refractivity contribution in [2.24, 2.45) is 0 Å². The van der Waals surface area contributed by atoms with E-state index in [4.69, 9.17) is 4.42 Å². The van der Waals surface area contributed by atoms with Crippen LogP contribution in [0.2, 0.25) is 0 Å². The SMILES string of the molecule is CCC(=O)N1CCN(c2ccc(NC(=O)CSc3nnc(-c4ccccc4)o3)cc2)CC1. The zero-order chi connectivity index (χ0) is 22.3. The van der Waals surface area contributed by atoms with E-state index in [9.17, 15) is 9.59 Å². The van der Waals surface area contributed by atoms with E-state index in [0.29, 0.717) is 17.5 Å². The van der Waals surface area contributed by atoms with Crippen molar-refractivity contribution < 1.29 is 14.0 Å². The first-order valence-electron chi connectivity index (χ1n) is 10.6. The summed E-state index contributed by atoms with van der Waals surface area (Å²) in [5.41, 5.74) is 2.66. The predicted molar refractivity (Wildman–Crippen MR) is 125 cm³/mol. The maximum absolute atomic E-state index is 12.3. The van der Waals surface area contributed by atoms with E-state index in [1.165, 1.54) is 11.8 Å². The highest BCUT2D eigenvalue weighted by molar-refractivity contribution is 7.99. The van der Waals surface area contributed by atoms with E-state index in [1.807, 2.05) is 66.4 Å². The molecular formula is C23H25N5O3S. The Balaban J connectivity index is 1.25. The average Bonchev–Trinajstić information content (AvgIpc) is 3.33. The lowest BCUT2D eigenvalue weighted by Gasteiger charge is -2.36. The van der Waals surface area contributed by atoms with E-state index in [0.717, 1.165) is 43.1 Å². The number of aromatic nitrogens is 2. The number of anilines is 2. The fourth-order valence-corrected chi connectivity index (χ4v) is 4.05. The van der Waals surface area contributed by atoms with Crippen LogP contribution in [0.3, 0.4) is 0 Å². The van der Waals surface area contributed by atoms with Crippen LogP contribution in [0.15, 0.2) is 64.2 Å². The highest BCUT2D eigenvalue weighted by Gasteiger charge is 2.20. The van der Waals surface area contributed by atoms with E-state index in [2.05, 4.69) is 20.4 Å². The number of rotatable bonds is 7. The zero-order valence-corrected chi connectivity index (χ0v) is 18.7. The molecule has 1 fully saturated rings. The predicted octanol–water partition coefficient (Wildman–Crippen LogP) is 3.53. The molecule has 32 heavy (non-hydrogen) atoms. The second kappa shape index (κ2) is 10.3. The summed E-state index contributed by atoms with van der Waals surface area (Å²) in [6.07, 6.45) is 0.549. The Morgan fingerprint density at radius 2 is 1.72 bits per heavy atom. The van der Waals surface area contributed by atoms with Crippen molar-refractivity contribution in [1.82, 2.24) is 15.1 Å². The Labute approximate surface area is 191 Å². The number of thioether (sulfide) groups is 1. The number of piperazine rings is 1. The van der Waals surface area contributed by atoms with Gasteiger partial charge in [-0.3, -0.25) is 9.59 Å². The lowest BCUT2D eigenvalue weighted by Crippen LogP contribution is -2.48. The molecule has 2 aromatic carbocycles. The van der Waals surface area contributed by atoms with Gasteiger partial charge < -0.3 is 19.5 Å². The highest BCUT2D eigenvalue weighted by atomic mass is 32.2. The molecule has 0 aliphatic carbocycles. The molecule has 8 nitrogen and oxygen atoms in total. The maximum atomic E-state index is 12.3. The van der Waals surface area contributed by atoms with E-state index in [1.54, 1.807) is 0 Å². The van der Waals surface area contributed by atoms with Crippen LogP contribution in [-0.2, 0) is 9.59 Å². The van der Waals surface area contributed by atoms with Crippen LogP contribution >= 0.6 is 11.8 Å². The summed E-state index contributed by atoms with van der Waals surface area (Å²) in [6, 6.07) is 17.3. The number of amides is 2. The van der Waals surface area contributed by atoms with E-state index in [-0.39, 0.29) is 17.6 Å². The molecule has 0 saturated carbocycles. The number of carbonyl (C=O) groups excluding carboxylic acids is 2. The van der Waals surface area contributed by atoms with Crippen molar-refractivity contribution in [2.45, 2.75) is 18.6 Å². The van der Waals surface area contributed by atoms with Gasteiger partial charge in [-0.15, -0.1) is 10.2 Å². The van der Waals surface area contributed by atoms with Gasteiger partial charge in [0.05, 0.1) is 5.75 Å². The molecule has 1 aliphatic heterocycles. The van der Waals surface area contributed by atoms with Crippen LogP contribution in [0.5, 0.6) is 0 Å². The molecule has 3 aromatic rings. The minimum absolute atomic E-state index is 0.145. The van der Waals surface area contributed by atoms with Crippen LogP contribution in [0.1, 0.15) is 13.3 Å². The van der Waals surface area contributed by atoms with Gasteiger partial charge in [-0.25, -0.2) is 0 Å². The van der Waals surface area contributed by atoms with Gasteiger partial charge in [-0.1, -0.05) is 36.9 Å². The standard InChI is InChI=1S/C23H25N5O3S/c1-2-21(30)28-14-12-27(13-15-28)19-10-8-18(9-11-19)24-20(29)16-32-23-26-25-22(31-23)17-6-4-3-5-7-17/h3-11H,2,12-16H2,1H3,(H,24,29). The van der Waals surface area contributed by atoms with Gasteiger partial charge in [0, 0.05) is 49.5 Å². The largest absolute Gasteiger partial charge is 0.411 e. The number of benzene rings is 2. The van der Waals surface area contributed by atoms with Crippen molar-refractivity contribution in [1.29, 1.82) is 0 Å². The number of hydrogen-bond acceptors (Lipinski definition) is 7. The molecule has 166 valence electrons. The molecule has 4 rings (SSSR count). The summed E-state index contributed by atoms with van der Waals surface area (Å²) in [5, 5.41) is 11.3. The topological polar surface area (TPSA) is 91.6 Å². The average molecular weight is 452 g/mol. The van der Waals surface area contributed by atoms with Crippen molar-refractivity contribution in [2.75, 3.05) is 42.1 Å². The lowest BCUT2D eigenvalue weighted by molar-refractivity contribution is -0.131. The Bertz CT molecular complexity index is 1050. The van der Waals surface area contributed by atoms with Crippen LogP contribution < -0.4 is 10.2 Å². The third kappa shape index (κ3) is 5.47. The number of nitrogens with one attached hydrogen (secondary N) is 1. The summed E-state index contributed by atoms with van der Waals surface area (Å²) >= 11 is 1.20. The third-order valence-corrected chi connectivity index (χ3v) is 6.02. The minimum Gasteiger partial charge on any atom is -0.411 e. The lowest BCUT2D eigenvalue weighted by atomic mass is 10.2. The molecule has 0 radical (unpaired) electrons. The molecule has 1 aliphatic rings. The molecule has 0 bridgehead atoms. The van der Waals surface area contributed by atoms with Gasteiger partial charge in [-0.2, -0.15) is 0 Å². The van der Waals surface area contributed by atoms with Crippen LogP contribution in [0.4, 0.5) is 11.4 Å². The monoisotopic (exact) mass is 451 g/mol. The van der Waals surface area contributed by atoms with Crippen LogP contribution in [0.25, 0.3) is 11.5 Å². The van der Waals surface area contributed by atoms with Gasteiger partial charge in [0.15, 0.2) is 0 Å². The fraction of sp³-hybridized carbons (Fsp3) is 0.304. The molecule has 2 amide bonds. The summed E-state index contributed by atoms with van der Waals surface area (Å²) in [6.45, 7) is 4.99. The summed E-state index contributed by atoms with van der Waals surface area (Å²) in [7, 11) is 0. The van der Waals surface area contributed by atoms with Gasteiger partial charge in [-0.05, 0) is 36.4 Å². The van der Waals surface area contributed by atoms with Crippen molar-refractivity contribution >= 4 is 35.0 Å². The third-order valence-electron chi connectivity index (χ3n) is 5.20. The van der Waals surface area contributed by atoms with Crippen molar-refractivity contribution in [3.63, 3.8) is 0 Å². The molecule has 1 N–H and O–H groups in total. The Hall–Kier alpha value is -3.33. The minimum atomic E-state index is -0.145. The summed E-state index contributed by atoms with van der Waals surface area (Å²) in [5.74, 6) is 0.668. The molecule has 2 heterocycles. The van der Waals surface area contributed by atoms with Gasteiger partial charge >= 0.3 is 0 Å². The zero-order valence-electron chi connectivity index (χ0n) is 17.9. The number of carbonyl (C=O) groups is 2. The molecule has 1 aromatic heterocycles. The second-order valence-corrected chi connectivity index (χ2v) is 8.27. The van der Waals surface area contributed by atoms with E-state index < -0.39 is 0 Å². The molecule has 1 saturated heterocycles. The van der Waals surface area contributed by atoms with Gasteiger partial charge in [0.2, 0.25) is 17.7 Å². The summed E-state index contributed by atoms with van der Waals surface area (Å²) in [4.78, 5) is 28.3. The first-order valence-corrected chi connectivity index (χ1v) is 11.6. The first-order chi connectivity index (χ1) is 15.6. The van der Waals surface area contributed by atoms with Gasteiger partial charge in [0.25, 0.3) is 5.22 Å². The van der Waals surface area contributed by atoms with Crippen LogP contribution in [-0.4, -0.2) is 58.8 Å². The smallest absolute Gasteiger partial charge is 0.277 e. The van der Waals surface area contributed by atoms with Crippen molar-refractivity contribution in [3.05, 3.63) is 54.6 Å². The Morgan fingerprint density at radius 1 is 1.00 bits per heavy atom. The number of nitrogens with zero attached hydrogens (tertiary/aromatic N) is 4. The molecular weight excluding hydrogens is 426 g/mol. The van der Waals surface area contributed by atoms with E-state index >= 15 is 0 Å². The number of hydrogen-bond donors (Lipinski definition) is 1. The first kappa shape index (κ1) is 21.9. The second-order valence-electron chi connectivity index (χ2n) is 7.34. The van der Waals surface area contributed by atoms with Crippen molar-refractivity contribution in [3.8, 4) is 11.5 Å².